The summed E-state index contributed by atoms with van der Waals surface area (Å²) in [6.07, 6.45) is -0.790. The Morgan fingerprint density at radius 2 is 1.97 bits per heavy atom. The molecule has 0 aromatic rings. The minimum atomic E-state index is -0.803. The van der Waals surface area contributed by atoms with E-state index in [0.29, 0.717) is 26.1 Å². The summed E-state index contributed by atoms with van der Waals surface area (Å²) in [5.74, 6) is -1.54. The first-order valence-electron chi connectivity index (χ1n) is 10.8. The summed E-state index contributed by atoms with van der Waals surface area (Å²) < 4.78 is 10.2. The lowest BCUT2D eigenvalue weighted by molar-refractivity contribution is -0.162. The molecule has 2 fully saturated rings. The van der Waals surface area contributed by atoms with E-state index in [2.05, 4.69) is 20.2 Å². The van der Waals surface area contributed by atoms with Gasteiger partial charge < -0.3 is 29.1 Å². The highest BCUT2D eigenvalue weighted by Crippen LogP contribution is 2.48. The third-order valence-electron chi connectivity index (χ3n) is 6.31. The summed E-state index contributed by atoms with van der Waals surface area (Å²) in [6.45, 7) is 5.21. The monoisotopic (exact) mass is 498 g/mol. The largest absolute Gasteiger partial charge is 0.428 e. The molecule has 0 saturated carbocycles. The van der Waals surface area contributed by atoms with Gasteiger partial charge in [0.2, 0.25) is 5.91 Å². The number of hydrogen-bond donors (Lipinski definition) is 5. The smallest absolute Gasteiger partial charge is 0.416 e. The molecule has 2 saturated heterocycles. The van der Waals surface area contributed by atoms with Crippen molar-refractivity contribution in [1.82, 2.24) is 25.1 Å². The van der Waals surface area contributed by atoms with E-state index < -0.39 is 24.1 Å². The van der Waals surface area contributed by atoms with E-state index in [1.54, 1.807) is 22.9 Å². The van der Waals surface area contributed by atoms with Crippen LogP contribution in [0.3, 0.4) is 0 Å². The quantitative estimate of drug-likeness (QED) is 0.0795. The zero-order valence-electron chi connectivity index (χ0n) is 19.1. The summed E-state index contributed by atoms with van der Waals surface area (Å²) in [4.78, 5) is 46.4. The van der Waals surface area contributed by atoms with Gasteiger partial charge in [0, 0.05) is 24.9 Å². The highest BCUT2D eigenvalue weighted by Gasteiger charge is 2.60. The predicted octanol–water partition coefficient (Wildman–Crippen LogP) is -2.04. The average molecular weight is 498 g/mol. The van der Waals surface area contributed by atoms with Crippen molar-refractivity contribution in [2.24, 2.45) is 17.8 Å². The number of aliphatic hydroxyl groups is 1. The van der Waals surface area contributed by atoms with Crippen LogP contribution in [-0.2, 0) is 18.6 Å². The van der Waals surface area contributed by atoms with Crippen LogP contribution in [0.25, 0.3) is 0 Å². The van der Waals surface area contributed by atoms with E-state index in [1.165, 1.54) is 4.90 Å². The fraction of sp³-hybridized carbons (Fsp3) is 0.647. The van der Waals surface area contributed by atoms with Crippen molar-refractivity contribution in [1.29, 1.82) is 5.41 Å². The Kier molecular flexibility index (Phi) is 8.88. The number of rotatable bonds is 9. The minimum Gasteiger partial charge on any atom is -0.428 e. The van der Waals surface area contributed by atoms with Crippen LogP contribution in [0.2, 0.25) is 0 Å². The van der Waals surface area contributed by atoms with Crippen molar-refractivity contribution in [2.45, 2.75) is 32.4 Å². The molecule has 7 atom stereocenters. The normalized spacial score (nSPS) is 28.5. The number of aliphatic hydroxyl groups excluding tert-OH is 1. The molecule has 0 aliphatic carbocycles. The lowest BCUT2D eigenvalue weighted by atomic mass is 9.77. The number of nitrogens with zero attached hydrogens (tertiary/aromatic N) is 2. The Bertz CT molecular complexity index is 849. The van der Waals surface area contributed by atoms with Crippen LogP contribution < -0.4 is 15.3 Å². The summed E-state index contributed by atoms with van der Waals surface area (Å²) >= 11 is 0. The van der Waals surface area contributed by atoms with Gasteiger partial charge in [-0.3, -0.25) is 20.4 Å². The van der Waals surface area contributed by atoms with Gasteiger partial charge in [0.15, 0.2) is 16.0 Å². The van der Waals surface area contributed by atoms with Crippen LogP contribution in [0.5, 0.6) is 0 Å². The standard InChI is InChI=1S/C17H30B2N6O6P2/c1-7-10(6-24-4-3-9(5-24)14(20)21-17(29)31-33-23-19)13(16(28)30-32-22-18)25-12(7)11(8(2)26)15(25)27/h7-9,11-12,22-23,26,32-33H,3-6,18-19H2,1-2H3,(H2,20,21,29)/t7-,8+,9-,11?,12+/m0/s1. The van der Waals surface area contributed by atoms with Crippen LogP contribution in [-0.4, -0.2) is 86.5 Å². The SMILES string of the molecule is BNPOC(=O)NC(=N)[C@H]1CCN(CC2=C(C(=O)OPNB)N3C(=O)C([C@@H](C)O)[C@H]3[C@H]2C)C1. The fourth-order valence-electron chi connectivity index (χ4n) is 4.78. The molecule has 3 unspecified atom stereocenters. The van der Waals surface area contributed by atoms with E-state index in [1.807, 2.05) is 6.92 Å². The number of likely N-dealkylation sites (tertiary alicyclic amines) is 1. The maximum Gasteiger partial charge on any atom is 0.416 e. The van der Waals surface area contributed by atoms with Gasteiger partial charge in [-0.15, -0.1) is 0 Å². The number of hydrogen-bond acceptors (Lipinski definition) is 10. The van der Waals surface area contributed by atoms with E-state index in [4.69, 9.17) is 14.5 Å². The maximum atomic E-state index is 12.8. The number of carbonyl (C=O) groups excluding carboxylic acids is 3. The molecule has 3 rings (SSSR count). The first-order chi connectivity index (χ1) is 15.7. The van der Waals surface area contributed by atoms with Crippen LogP contribution >= 0.6 is 17.9 Å². The zero-order chi connectivity index (χ0) is 24.3. The average Bonchev–Trinajstić information content (AvgIpc) is 3.32. The summed E-state index contributed by atoms with van der Waals surface area (Å²) in [5.41, 5.74) is 1.07. The number of nitrogens with one attached hydrogen (secondary N) is 4. The number of amidine groups is 1. The zero-order valence-corrected chi connectivity index (χ0v) is 21.1. The Morgan fingerprint density at radius 3 is 2.61 bits per heavy atom. The first-order valence-corrected chi connectivity index (χ1v) is 12.6. The number of fused-ring (bicyclic) bond motifs is 1. The molecule has 0 aromatic heterocycles. The van der Waals surface area contributed by atoms with Crippen molar-refractivity contribution < 1.29 is 28.5 Å². The second-order valence-corrected chi connectivity index (χ2v) is 10.2. The molecule has 0 spiro atoms. The Balaban J connectivity index is 1.70. The highest BCUT2D eigenvalue weighted by atomic mass is 31.1. The molecule has 0 bridgehead atoms. The van der Waals surface area contributed by atoms with Crippen molar-refractivity contribution in [2.75, 3.05) is 19.6 Å². The number of carbonyl (C=O) groups is 3. The number of β-lactam (4-membered cyclic amide) rings is 1. The minimum absolute atomic E-state index is 0.0971. The Morgan fingerprint density at radius 1 is 1.30 bits per heavy atom. The van der Waals surface area contributed by atoms with Gasteiger partial charge in [-0.1, -0.05) is 6.92 Å². The lowest BCUT2D eigenvalue weighted by Crippen LogP contribution is -2.63. The lowest BCUT2D eigenvalue weighted by Gasteiger charge is -2.46. The molecule has 0 aromatic carbocycles. The topological polar surface area (TPSA) is 156 Å². The fourth-order valence-corrected chi connectivity index (χ4v) is 5.31. The molecule has 16 heteroatoms. The van der Waals surface area contributed by atoms with Gasteiger partial charge in [0.25, 0.3) is 0 Å². The third kappa shape index (κ3) is 5.42. The summed E-state index contributed by atoms with van der Waals surface area (Å²) in [6, 6.07) is -0.269. The van der Waals surface area contributed by atoms with E-state index in [0.717, 1.165) is 5.57 Å². The van der Waals surface area contributed by atoms with Crippen molar-refractivity contribution in [3.63, 3.8) is 0 Å². The molecule has 2 amide bonds. The first kappa shape index (κ1) is 26.1. The van der Waals surface area contributed by atoms with Gasteiger partial charge in [0.05, 0.1) is 18.1 Å². The van der Waals surface area contributed by atoms with Crippen molar-refractivity contribution >= 4 is 57.7 Å². The predicted molar refractivity (Wildman–Crippen MR) is 130 cm³/mol. The van der Waals surface area contributed by atoms with E-state index in [9.17, 15) is 19.5 Å². The Hall–Kier alpha value is -1.55. The highest BCUT2D eigenvalue weighted by molar-refractivity contribution is 7.32. The van der Waals surface area contributed by atoms with Crippen LogP contribution in [0.4, 0.5) is 4.79 Å². The second kappa shape index (κ2) is 11.3. The second-order valence-electron chi connectivity index (χ2n) is 8.37. The molecular formula is C17H30B2N6O6P2. The van der Waals surface area contributed by atoms with Crippen LogP contribution in [0.1, 0.15) is 20.3 Å². The van der Waals surface area contributed by atoms with Crippen molar-refractivity contribution in [3.05, 3.63) is 11.3 Å². The molecule has 3 heterocycles. The molecular weight excluding hydrogens is 468 g/mol. The molecule has 0 radical (unpaired) electrons. The van der Waals surface area contributed by atoms with Gasteiger partial charge in [-0.25, -0.2) is 9.59 Å². The van der Waals surface area contributed by atoms with E-state index in [-0.39, 0.29) is 53.2 Å². The molecule has 12 nitrogen and oxygen atoms in total. The van der Waals surface area contributed by atoms with Gasteiger partial charge in [-0.05, 0) is 25.5 Å². The van der Waals surface area contributed by atoms with Crippen LogP contribution in [0, 0.1) is 23.2 Å². The van der Waals surface area contributed by atoms with Crippen molar-refractivity contribution in [3.8, 4) is 0 Å². The Labute approximate surface area is 198 Å². The van der Waals surface area contributed by atoms with Gasteiger partial charge in [0.1, 0.15) is 29.4 Å². The van der Waals surface area contributed by atoms with E-state index >= 15 is 0 Å². The van der Waals surface area contributed by atoms with Gasteiger partial charge in [-0.2, -0.15) is 0 Å². The molecule has 3 aliphatic rings. The summed E-state index contributed by atoms with van der Waals surface area (Å²) in [5, 5.41) is 20.8. The third-order valence-corrected chi connectivity index (χ3v) is 7.29. The van der Waals surface area contributed by atoms with Gasteiger partial charge >= 0.3 is 12.1 Å². The molecule has 33 heavy (non-hydrogen) atoms. The molecule has 5 N–H and O–H groups in total. The molecule has 180 valence electrons. The molecule has 3 aliphatic heterocycles. The van der Waals surface area contributed by atoms with Crippen LogP contribution in [0.15, 0.2) is 11.3 Å². The summed E-state index contributed by atoms with van der Waals surface area (Å²) in [7, 11) is 2.92. The maximum absolute atomic E-state index is 12.8. The number of amides is 2.